The van der Waals surface area contributed by atoms with E-state index in [-0.39, 0.29) is 0 Å². The normalized spacial score (nSPS) is 29.9. The minimum Gasteiger partial charge on any atom is -0.372 e. The summed E-state index contributed by atoms with van der Waals surface area (Å²) < 4.78 is 6.02. The first-order valence-electron chi connectivity index (χ1n) is 6.46. The molecule has 2 unspecified atom stereocenters. The zero-order valence-electron chi connectivity index (χ0n) is 10.3. The third-order valence-electron chi connectivity index (χ3n) is 3.36. The maximum atomic E-state index is 6.02. The van der Waals surface area contributed by atoms with E-state index in [0.717, 1.165) is 25.7 Å². The smallest absolute Gasteiger partial charge is 0.0707 e. The van der Waals surface area contributed by atoms with Gasteiger partial charge in [0, 0.05) is 25.7 Å². The van der Waals surface area contributed by atoms with Crippen LogP contribution in [0.15, 0.2) is 12.7 Å². The van der Waals surface area contributed by atoms with Crippen molar-refractivity contribution in [3.8, 4) is 0 Å². The molecule has 1 aliphatic carbocycles. The monoisotopic (exact) mass is 224 g/mol. The van der Waals surface area contributed by atoms with Gasteiger partial charge in [0.05, 0.1) is 12.2 Å². The molecule has 1 saturated heterocycles. The van der Waals surface area contributed by atoms with Gasteiger partial charge in [0.1, 0.15) is 0 Å². The maximum absolute atomic E-state index is 6.02. The largest absolute Gasteiger partial charge is 0.372 e. The maximum Gasteiger partial charge on any atom is 0.0707 e. The molecule has 1 saturated carbocycles. The predicted molar refractivity (Wildman–Crippen MR) is 66.6 cm³/mol. The lowest BCUT2D eigenvalue weighted by atomic mass is 10.2. The van der Waals surface area contributed by atoms with E-state index in [2.05, 4.69) is 23.8 Å². The van der Waals surface area contributed by atoms with E-state index < -0.39 is 0 Å². The number of nitrogens with zero attached hydrogens (tertiary/aromatic N) is 1. The molecule has 3 nitrogen and oxygen atoms in total. The van der Waals surface area contributed by atoms with Crippen LogP contribution in [0.5, 0.6) is 0 Å². The minimum absolute atomic E-state index is 0.427. The number of hydrogen-bond donors (Lipinski definition) is 1. The van der Waals surface area contributed by atoms with Gasteiger partial charge in [-0.25, -0.2) is 0 Å². The quantitative estimate of drug-likeness (QED) is 0.662. The van der Waals surface area contributed by atoms with Crippen molar-refractivity contribution in [1.29, 1.82) is 0 Å². The minimum atomic E-state index is 0.427. The van der Waals surface area contributed by atoms with Crippen LogP contribution in [0.1, 0.15) is 25.7 Å². The molecule has 2 aliphatic rings. The Labute approximate surface area is 98.8 Å². The van der Waals surface area contributed by atoms with Crippen LogP contribution >= 0.6 is 0 Å². The topological polar surface area (TPSA) is 24.5 Å². The van der Waals surface area contributed by atoms with Crippen molar-refractivity contribution in [3.05, 3.63) is 12.7 Å². The third-order valence-corrected chi connectivity index (χ3v) is 3.36. The Morgan fingerprint density at radius 1 is 1.31 bits per heavy atom. The molecule has 1 heterocycles. The molecule has 92 valence electrons. The number of likely N-dealkylation sites (N-methyl/N-ethyl adjacent to an activating group) is 1. The van der Waals surface area contributed by atoms with Crippen molar-refractivity contribution < 1.29 is 4.74 Å². The van der Waals surface area contributed by atoms with Crippen molar-refractivity contribution in [3.63, 3.8) is 0 Å². The summed E-state index contributed by atoms with van der Waals surface area (Å²) in [4.78, 5) is 2.27. The van der Waals surface area contributed by atoms with Crippen LogP contribution in [0.3, 0.4) is 0 Å². The molecule has 0 aromatic rings. The second-order valence-corrected chi connectivity index (χ2v) is 5.15. The molecule has 1 aliphatic heterocycles. The van der Waals surface area contributed by atoms with Gasteiger partial charge in [-0.3, -0.25) is 0 Å². The first kappa shape index (κ1) is 12.1. The van der Waals surface area contributed by atoms with E-state index in [0.29, 0.717) is 12.2 Å². The van der Waals surface area contributed by atoms with Crippen molar-refractivity contribution in [1.82, 2.24) is 10.2 Å². The van der Waals surface area contributed by atoms with Crippen molar-refractivity contribution in [2.24, 2.45) is 0 Å². The molecular formula is C13H24N2O. The van der Waals surface area contributed by atoms with Gasteiger partial charge in [-0.2, -0.15) is 0 Å². The zero-order chi connectivity index (χ0) is 11.4. The fourth-order valence-corrected chi connectivity index (χ4v) is 2.29. The summed E-state index contributed by atoms with van der Waals surface area (Å²) in [6, 6.07) is 0.797. The number of ether oxygens (including phenoxy) is 1. The molecular weight excluding hydrogens is 200 g/mol. The molecule has 0 spiro atoms. The van der Waals surface area contributed by atoms with Gasteiger partial charge in [-0.1, -0.05) is 6.08 Å². The van der Waals surface area contributed by atoms with Gasteiger partial charge in [0.2, 0.25) is 0 Å². The molecule has 1 N–H and O–H groups in total. The summed E-state index contributed by atoms with van der Waals surface area (Å²) in [6.45, 7) is 6.78. The number of rotatable bonds is 7. The Hall–Kier alpha value is -0.380. The SMILES string of the molecule is C=CCN(C)CC1CCC(CNC2CC2)O1. The average Bonchev–Trinajstić information content (AvgIpc) is 2.98. The van der Waals surface area contributed by atoms with Crippen LogP contribution < -0.4 is 5.32 Å². The van der Waals surface area contributed by atoms with Gasteiger partial charge in [-0.15, -0.1) is 6.58 Å². The zero-order valence-corrected chi connectivity index (χ0v) is 10.3. The first-order chi connectivity index (χ1) is 7.78. The summed E-state index contributed by atoms with van der Waals surface area (Å²) in [6.07, 6.45) is 7.96. The van der Waals surface area contributed by atoms with Crippen LogP contribution in [0.25, 0.3) is 0 Å². The van der Waals surface area contributed by atoms with Gasteiger partial charge in [0.25, 0.3) is 0 Å². The highest BCUT2D eigenvalue weighted by atomic mass is 16.5. The van der Waals surface area contributed by atoms with Crippen LogP contribution in [-0.2, 0) is 4.74 Å². The van der Waals surface area contributed by atoms with Crippen LogP contribution in [-0.4, -0.2) is 49.8 Å². The molecule has 0 aromatic heterocycles. The summed E-state index contributed by atoms with van der Waals surface area (Å²) in [5.74, 6) is 0. The van der Waals surface area contributed by atoms with Gasteiger partial charge >= 0.3 is 0 Å². The third kappa shape index (κ3) is 3.89. The highest BCUT2D eigenvalue weighted by Crippen LogP contribution is 2.22. The van der Waals surface area contributed by atoms with E-state index in [1.807, 2.05) is 6.08 Å². The molecule has 0 amide bonds. The Bertz CT molecular complexity index is 228. The molecule has 3 heteroatoms. The summed E-state index contributed by atoms with van der Waals surface area (Å²) in [5.41, 5.74) is 0. The van der Waals surface area contributed by atoms with Crippen molar-refractivity contribution in [2.75, 3.05) is 26.7 Å². The second-order valence-electron chi connectivity index (χ2n) is 5.15. The molecule has 0 bridgehead atoms. The Kier molecular flexibility index (Phi) is 4.38. The average molecular weight is 224 g/mol. The highest BCUT2D eigenvalue weighted by molar-refractivity contribution is 4.85. The van der Waals surface area contributed by atoms with E-state index in [4.69, 9.17) is 4.74 Å². The van der Waals surface area contributed by atoms with Crippen LogP contribution in [0.2, 0.25) is 0 Å². The fraction of sp³-hybridized carbons (Fsp3) is 0.846. The summed E-state index contributed by atoms with van der Waals surface area (Å²) in [7, 11) is 2.13. The van der Waals surface area contributed by atoms with E-state index in [9.17, 15) is 0 Å². The van der Waals surface area contributed by atoms with Crippen LogP contribution in [0, 0.1) is 0 Å². The lowest BCUT2D eigenvalue weighted by Gasteiger charge is -2.20. The Morgan fingerprint density at radius 2 is 2.06 bits per heavy atom. The van der Waals surface area contributed by atoms with Gasteiger partial charge < -0.3 is 15.0 Å². The molecule has 2 atom stereocenters. The van der Waals surface area contributed by atoms with E-state index >= 15 is 0 Å². The van der Waals surface area contributed by atoms with Crippen molar-refractivity contribution >= 4 is 0 Å². The number of hydrogen-bond acceptors (Lipinski definition) is 3. The lowest BCUT2D eigenvalue weighted by molar-refractivity contribution is 0.0295. The molecule has 2 rings (SSSR count). The Morgan fingerprint density at radius 3 is 2.75 bits per heavy atom. The predicted octanol–water partition coefficient (Wildman–Crippen LogP) is 1.40. The van der Waals surface area contributed by atoms with E-state index in [1.165, 1.54) is 25.7 Å². The second kappa shape index (κ2) is 5.80. The van der Waals surface area contributed by atoms with Crippen LogP contribution in [0.4, 0.5) is 0 Å². The fourth-order valence-electron chi connectivity index (χ4n) is 2.29. The summed E-state index contributed by atoms with van der Waals surface area (Å²) in [5, 5.41) is 3.54. The standard InChI is InChI=1S/C13H24N2O/c1-3-8-15(2)10-13-7-6-12(16-13)9-14-11-4-5-11/h3,11-14H,1,4-10H2,2H3. The summed E-state index contributed by atoms with van der Waals surface area (Å²) >= 11 is 0. The van der Waals surface area contributed by atoms with E-state index in [1.54, 1.807) is 0 Å². The van der Waals surface area contributed by atoms with Gasteiger partial charge in [-0.05, 0) is 32.7 Å². The van der Waals surface area contributed by atoms with Crippen molar-refractivity contribution in [2.45, 2.75) is 43.9 Å². The Balaban J connectivity index is 1.60. The molecule has 0 radical (unpaired) electrons. The first-order valence-corrected chi connectivity index (χ1v) is 6.46. The molecule has 2 fully saturated rings. The lowest BCUT2D eigenvalue weighted by Crippen LogP contribution is -2.32. The number of nitrogens with one attached hydrogen (secondary N) is 1. The van der Waals surface area contributed by atoms with Gasteiger partial charge in [0.15, 0.2) is 0 Å². The molecule has 16 heavy (non-hydrogen) atoms. The molecule has 0 aromatic carbocycles. The highest BCUT2D eigenvalue weighted by Gasteiger charge is 2.28.